The third kappa shape index (κ3) is 4.51. The SMILES string of the molecule is CC1(C#N)CCN(c2c(C(=O)N3CCC(S(C)(=O)=O)CC3)cnc3c(F)cc(F)cc23)CC1. The first kappa shape index (κ1) is 23.4. The molecule has 0 radical (unpaired) electrons. The van der Waals surface area contributed by atoms with Crippen LogP contribution in [0.15, 0.2) is 18.3 Å². The van der Waals surface area contributed by atoms with Gasteiger partial charge in [-0.1, -0.05) is 0 Å². The molecule has 2 aromatic rings. The van der Waals surface area contributed by atoms with Gasteiger partial charge in [0.15, 0.2) is 5.82 Å². The van der Waals surface area contributed by atoms with Gasteiger partial charge >= 0.3 is 0 Å². The number of nitriles is 1. The Morgan fingerprint density at radius 1 is 1.18 bits per heavy atom. The maximum atomic E-state index is 14.5. The Balaban J connectivity index is 1.73. The van der Waals surface area contributed by atoms with Crippen LogP contribution in [0.1, 0.15) is 43.0 Å². The molecule has 33 heavy (non-hydrogen) atoms. The van der Waals surface area contributed by atoms with Crippen LogP contribution < -0.4 is 4.90 Å². The molecule has 4 rings (SSSR count). The van der Waals surface area contributed by atoms with Gasteiger partial charge < -0.3 is 9.80 Å². The summed E-state index contributed by atoms with van der Waals surface area (Å²) < 4.78 is 52.4. The van der Waals surface area contributed by atoms with Gasteiger partial charge in [-0.3, -0.25) is 9.78 Å². The van der Waals surface area contributed by atoms with Crippen LogP contribution >= 0.6 is 0 Å². The van der Waals surface area contributed by atoms with E-state index in [1.54, 1.807) is 4.90 Å². The van der Waals surface area contributed by atoms with Gasteiger partial charge in [-0.15, -0.1) is 0 Å². The van der Waals surface area contributed by atoms with Crippen molar-refractivity contribution in [2.75, 3.05) is 37.3 Å². The Morgan fingerprint density at radius 2 is 1.82 bits per heavy atom. The fraction of sp³-hybridized carbons (Fsp3) is 0.522. The van der Waals surface area contributed by atoms with Crippen LogP contribution in [0.2, 0.25) is 0 Å². The number of carbonyl (C=O) groups excluding carboxylic acids is 1. The van der Waals surface area contributed by atoms with E-state index in [4.69, 9.17) is 0 Å². The second-order valence-electron chi connectivity index (χ2n) is 9.28. The van der Waals surface area contributed by atoms with Gasteiger partial charge in [-0.25, -0.2) is 17.2 Å². The van der Waals surface area contributed by atoms with Crippen LogP contribution in [0.3, 0.4) is 0 Å². The van der Waals surface area contributed by atoms with Gasteiger partial charge in [-0.2, -0.15) is 5.26 Å². The Bertz CT molecular complexity index is 1240. The van der Waals surface area contributed by atoms with E-state index in [1.165, 1.54) is 18.5 Å². The highest BCUT2D eigenvalue weighted by molar-refractivity contribution is 7.91. The Kier molecular flexibility index (Phi) is 6.03. The fourth-order valence-corrected chi connectivity index (χ4v) is 5.77. The molecule has 0 bridgehead atoms. The van der Waals surface area contributed by atoms with Crippen molar-refractivity contribution in [3.63, 3.8) is 0 Å². The van der Waals surface area contributed by atoms with Crippen molar-refractivity contribution in [2.45, 2.75) is 37.9 Å². The van der Waals surface area contributed by atoms with Crippen molar-refractivity contribution in [3.8, 4) is 6.07 Å². The number of carbonyl (C=O) groups is 1. The summed E-state index contributed by atoms with van der Waals surface area (Å²) in [5.41, 5.74) is 0.125. The van der Waals surface area contributed by atoms with Crippen LogP contribution in [0.4, 0.5) is 14.5 Å². The molecule has 1 aromatic carbocycles. The largest absolute Gasteiger partial charge is 0.370 e. The first-order chi connectivity index (χ1) is 15.5. The van der Waals surface area contributed by atoms with Gasteiger partial charge in [0.25, 0.3) is 5.91 Å². The summed E-state index contributed by atoms with van der Waals surface area (Å²) in [7, 11) is -3.19. The number of sulfone groups is 1. The third-order valence-electron chi connectivity index (χ3n) is 6.88. The minimum absolute atomic E-state index is 0.0210. The zero-order valence-corrected chi connectivity index (χ0v) is 19.5. The molecule has 1 aromatic heterocycles. The predicted octanol–water partition coefficient (Wildman–Crippen LogP) is 3.29. The number of hydrogen-bond donors (Lipinski definition) is 0. The molecule has 10 heteroatoms. The quantitative estimate of drug-likeness (QED) is 0.675. The number of benzene rings is 1. The van der Waals surface area contributed by atoms with Crippen molar-refractivity contribution >= 4 is 32.3 Å². The van der Waals surface area contributed by atoms with E-state index in [1.807, 2.05) is 11.8 Å². The minimum atomic E-state index is -3.19. The lowest BCUT2D eigenvalue weighted by Crippen LogP contribution is -2.43. The monoisotopic (exact) mass is 476 g/mol. The van der Waals surface area contributed by atoms with Crippen molar-refractivity contribution in [1.82, 2.24) is 9.88 Å². The maximum absolute atomic E-state index is 14.5. The molecule has 7 nitrogen and oxygen atoms in total. The number of likely N-dealkylation sites (tertiary alicyclic amines) is 1. The first-order valence-corrected chi connectivity index (χ1v) is 12.9. The van der Waals surface area contributed by atoms with Crippen LogP contribution in [-0.2, 0) is 9.84 Å². The standard InChI is InChI=1S/C23H26F2N4O3S/c1-23(14-26)5-9-28(10-6-23)21-17-11-15(24)12-19(25)20(17)27-13-18(21)22(30)29-7-3-16(4-8-29)33(2,31)32/h11-13,16H,3-10H2,1-2H3. The van der Waals surface area contributed by atoms with Gasteiger partial charge in [0.05, 0.1) is 28.0 Å². The smallest absolute Gasteiger partial charge is 0.257 e. The van der Waals surface area contributed by atoms with Crippen molar-refractivity contribution in [1.29, 1.82) is 5.26 Å². The molecular weight excluding hydrogens is 450 g/mol. The zero-order valence-electron chi connectivity index (χ0n) is 18.6. The number of nitrogens with zero attached hydrogens (tertiary/aromatic N) is 4. The molecule has 2 fully saturated rings. The number of anilines is 1. The molecule has 0 atom stereocenters. The molecule has 2 aliphatic rings. The lowest BCUT2D eigenvalue weighted by molar-refractivity contribution is 0.0726. The number of amides is 1. The van der Waals surface area contributed by atoms with Crippen molar-refractivity contribution in [2.24, 2.45) is 5.41 Å². The normalized spacial score (nSPS) is 19.5. The second-order valence-corrected chi connectivity index (χ2v) is 11.6. The molecule has 2 saturated heterocycles. The summed E-state index contributed by atoms with van der Waals surface area (Å²) in [5.74, 6) is -1.91. The fourth-order valence-electron chi connectivity index (χ4n) is 4.70. The number of fused-ring (bicyclic) bond motifs is 1. The lowest BCUT2D eigenvalue weighted by Gasteiger charge is -2.38. The van der Waals surface area contributed by atoms with Crippen LogP contribution in [-0.4, -0.2) is 61.9 Å². The average Bonchev–Trinajstić information content (AvgIpc) is 2.78. The van der Waals surface area contributed by atoms with E-state index in [0.717, 1.165) is 6.07 Å². The lowest BCUT2D eigenvalue weighted by atomic mass is 9.81. The Hall–Kier alpha value is -2.80. The summed E-state index contributed by atoms with van der Waals surface area (Å²) >= 11 is 0. The van der Waals surface area contributed by atoms with E-state index in [-0.39, 0.29) is 35.5 Å². The van der Waals surface area contributed by atoms with Crippen molar-refractivity contribution in [3.05, 3.63) is 35.5 Å². The molecule has 0 spiro atoms. The van der Waals surface area contributed by atoms with Gasteiger partial charge in [0, 0.05) is 50.1 Å². The average molecular weight is 477 g/mol. The van der Waals surface area contributed by atoms with E-state index in [0.29, 0.717) is 44.5 Å². The second kappa shape index (κ2) is 8.52. The van der Waals surface area contributed by atoms with E-state index >= 15 is 0 Å². The number of pyridine rings is 1. The number of piperidine rings is 2. The summed E-state index contributed by atoms with van der Waals surface area (Å²) in [5, 5.41) is 9.19. The highest BCUT2D eigenvalue weighted by Crippen LogP contribution is 2.38. The highest BCUT2D eigenvalue weighted by atomic mass is 32.2. The summed E-state index contributed by atoms with van der Waals surface area (Å²) in [6.45, 7) is 3.35. The molecule has 0 saturated carbocycles. The van der Waals surface area contributed by atoms with E-state index < -0.39 is 32.1 Å². The molecule has 0 aliphatic carbocycles. The van der Waals surface area contributed by atoms with Crippen molar-refractivity contribution < 1.29 is 22.0 Å². The molecule has 0 unspecified atom stereocenters. The van der Waals surface area contributed by atoms with E-state index in [2.05, 4.69) is 11.1 Å². The number of rotatable bonds is 3. The van der Waals surface area contributed by atoms with E-state index in [9.17, 15) is 27.3 Å². The third-order valence-corrected chi connectivity index (χ3v) is 8.56. The predicted molar refractivity (Wildman–Crippen MR) is 121 cm³/mol. The molecule has 1 amide bonds. The summed E-state index contributed by atoms with van der Waals surface area (Å²) in [6, 6.07) is 4.28. The summed E-state index contributed by atoms with van der Waals surface area (Å²) in [4.78, 5) is 21.1. The Labute approximate surface area is 191 Å². The van der Waals surface area contributed by atoms with Crippen LogP contribution in [0, 0.1) is 28.4 Å². The van der Waals surface area contributed by atoms with Crippen LogP contribution in [0.25, 0.3) is 10.9 Å². The molecule has 3 heterocycles. The maximum Gasteiger partial charge on any atom is 0.257 e. The highest BCUT2D eigenvalue weighted by Gasteiger charge is 2.35. The molecule has 0 N–H and O–H groups in total. The van der Waals surface area contributed by atoms with Gasteiger partial charge in [0.1, 0.15) is 21.2 Å². The Morgan fingerprint density at radius 3 is 2.39 bits per heavy atom. The zero-order chi connectivity index (χ0) is 24.0. The molecule has 176 valence electrons. The van der Waals surface area contributed by atoms with Gasteiger partial charge in [0.2, 0.25) is 0 Å². The number of halogens is 2. The number of hydrogen-bond acceptors (Lipinski definition) is 6. The topological polar surface area (TPSA) is 94.4 Å². The number of aromatic nitrogens is 1. The minimum Gasteiger partial charge on any atom is -0.370 e. The molecule has 2 aliphatic heterocycles. The molecular formula is C23H26F2N4O3S. The summed E-state index contributed by atoms with van der Waals surface area (Å²) in [6.07, 6.45) is 4.32. The van der Waals surface area contributed by atoms with Gasteiger partial charge in [-0.05, 0) is 38.7 Å². The first-order valence-electron chi connectivity index (χ1n) is 10.9. The van der Waals surface area contributed by atoms with Crippen LogP contribution in [0.5, 0.6) is 0 Å².